The molecule has 1 aliphatic carbocycles. The number of rotatable bonds is 5. The Morgan fingerprint density at radius 3 is 2.95 bits per heavy atom. The Labute approximate surface area is 122 Å². The molecule has 7 heteroatoms. The zero-order valence-corrected chi connectivity index (χ0v) is 11.7. The maximum Gasteiger partial charge on any atom is 0.305 e. The fourth-order valence-electron chi connectivity index (χ4n) is 2.83. The van der Waals surface area contributed by atoms with Crippen molar-refractivity contribution in [2.24, 2.45) is 5.92 Å². The number of nitriles is 1. The number of aromatic nitrogens is 1. The van der Waals surface area contributed by atoms with Gasteiger partial charge in [-0.1, -0.05) is 0 Å². The van der Waals surface area contributed by atoms with Crippen LogP contribution in [-0.4, -0.2) is 40.5 Å². The van der Waals surface area contributed by atoms with Gasteiger partial charge in [0.2, 0.25) is 5.69 Å². The van der Waals surface area contributed by atoms with E-state index in [2.05, 4.69) is 15.2 Å². The molecule has 1 N–H and O–H groups in total. The van der Waals surface area contributed by atoms with E-state index in [0.29, 0.717) is 11.7 Å². The molecule has 7 nitrogen and oxygen atoms in total. The molecule has 1 aliphatic heterocycles. The SMILES string of the molecule is N#Cc1nc(NCC2CCN(C3CC3)C2)ccc1[N+](=O)[O-]. The summed E-state index contributed by atoms with van der Waals surface area (Å²) in [5.74, 6) is 1.11. The molecule has 1 atom stereocenters. The number of anilines is 1. The summed E-state index contributed by atoms with van der Waals surface area (Å²) in [5.41, 5.74) is -0.389. The molecule has 2 fully saturated rings. The predicted octanol–water partition coefficient (Wildman–Crippen LogP) is 1.76. The first kappa shape index (κ1) is 13.8. The van der Waals surface area contributed by atoms with Crippen molar-refractivity contribution >= 4 is 11.5 Å². The number of nitro groups is 1. The van der Waals surface area contributed by atoms with Gasteiger partial charge in [0.15, 0.2) is 0 Å². The number of nitrogens with one attached hydrogen (secondary N) is 1. The second-order valence-electron chi connectivity index (χ2n) is 5.69. The summed E-state index contributed by atoms with van der Waals surface area (Å²) in [5, 5.41) is 22.9. The summed E-state index contributed by atoms with van der Waals surface area (Å²) in [6, 6.07) is 5.47. The molecule has 3 rings (SSSR count). The van der Waals surface area contributed by atoms with E-state index in [1.54, 1.807) is 12.1 Å². The highest BCUT2D eigenvalue weighted by atomic mass is 16.6. The lowest BCUT2D eigenvalue weighted by Crippen LogP contribution is -2.25. The molecule has 0 bridgehead atoms. The minimum Gasteiger partial charge on any atom is -0.370 e. The molecule has 0 aromatic carbocycles. The van der Waals surface area contributed by atoms with Gasteiger partial charge in [0.1, 0.15) is 11.9 Å². The first-order valence-electron chi connectivity index (χ1n) is 7.21. The maximum absolute atomic E-state index is 10.8. The van der Waals surface area contributed by atoms with Crippen molar-refractivity contribution < 1.29 is 4.92 Å². The van der Waals surface area contributed by atoms with E-state index in [4.69, 9.17) is 5.26 Å². The Balaban J connectivity index is 1.58. The smallest absolute Gasteiger partial charge is 0.305 e. The molecule has 110 valence electrons. The summed E-state index contributed by atoms with van der Waals surface area (Å²) in [4.78, 5) is 16.7. The fraction of sp³-hybridized carbons (Fsp3) is 0.571. The molecule has 1 unspecified atom stereocenters. The van der Waals surface area contributed by atoms with Crippen molar-refractivity contribution in [3.05, 3.63) is 27.9 Å². The van der Waals surface area contributed by atoms with Gasteiger partial charge >= 0.3 is 5.69 Å². The Bertz CT molecular complexity index is 594. The van der Waals surface area contributed by atoms with E-state index < -0.39 is 4.92 Å². The quantitative estimate of drug-likeness (QED) is 0.655. The van der Waals surface area contributed by atoms with Crippen molar-refractivity contribution in [1.82, 2.24) is 9.88 Å². The van der Waals surface area contributed by atoms with E-state index in [-0.39, 0.29) is 11.4 Å². The first-order chi connectivity index (χ1) is 10.2. The fourth-order valence-corrected chi connectivity index (χ4v) is 2.83. The molecular formula is C14H17N5O2. The average Bonchev–Trinajstić information content (AvgIpc) is 3.23. The van der Waals surface area contributed by atoms with E-state index >= 15 is 0 Å². The van der Waals surface area contributed by atoms with Gasteiger partial charge in [0, 0.05) is 25.2 Å². The Morgan fingerprint density at radius 1 is 1.48 bits per heavy atom. The second-order valence-corrected chi connectivity index (χ2v) is 5.69. The third kappa shape index (κ3) is 3.11. The van der Waals surface area contributed by atoms with Crippen LogP contribution in [0.3, 0.4) is 0 Å². The topological polar surface area (TPSA) is 95.1 Å². The lowest BCUT2D eigenvalue weighted by atomic mass is 10.1. The van der Waals surface area contributed by atoms with Gasteiger partial charge in [-0.2, -0.15) is 5.26 Å². The van der Waals surface area contributed by atoms with Gasteiger partial charge in [-0.15, -0.1) is 0 Å². The van der Waals surface area contributed by atoms with Gasteiger partial charge in [-0.25, -0.2) is 4.98 Å². The number of likely N-dealkylation sites (tertiary alicyclic amines) is 1. The third-order valence-electron chi connectivity index (χ3n) is 4.13. The number of nitrogens with zero attached hydrogens (tertiary/aromatic N) is 4. The van der Waals surface area contributed by atoms with E-state index in [0.717, 1.165) is 25.7 Å². The highest BCUT2D eigenvalue weighted by Gasteiger charge is 2.34. The first-order valence-corrected chi connectivity index (χ1v) is 7.21. The second kappa shape index (κ2) is 5.66. The highest BCUT2D eigenvalue weighted by Crippen LogP contribution is 2.31. The van der Waals surface area contributed by atoms with Gasteiger partial charge < -0.3 is 10.2 Å². The summed E-state index contributed by atoms with van der Waals surface area (Å²) in [7, 11) is 0. The van der Waals surface area contributed by atoms with Crippen LogP contribution >= 0.6 is 0 Å². The van der Waals surface area contributed by atoms with E-state index in [9.17, 15) is 10.1 Å². The standard InChI is InChI=1S/C14H17N5O2/c15-7-12-13(19(20)21)3-4-14(17-12)16-8-10-5-6-18(9-10)11-1-2-11/h3-4,10-11H,1-2,5-6,8-9H2,(H,16,17). The largest absolute Gasteiger partial charge is 0.370 e. The molecule has 2 aliphatic rings. The maximum atomic E-state index is 10.8. The highest BCUT2D eigenvalue weighted by molar-refractivity contribution is 5.50. The minimum atomic E-state index is -0.584. The van der Waals surface area contributed by atoms with Crippen LogP contribution in [-0.2, 0) is 0 Å². The Morgan fingerprint density at radius 2 is 2.29 bits per heavy atom. The van der Waals surface area contributed by atoms with Crippen molar-refractivity contribution in [2.45, 2.75) is 25.3 Å². The molecule has 1 saturated heterocycles. The van der Waals surface area contributed by atoms with E-state index in [1.165, 1.54) is 25.3 Å². The number of hydrogen-bond donors (Lipinski definition) is 1. The molecular weight excluding hydrogens is 270 g/mol. The molecule has 0 amide bonds. The summed E-state index contributed by atoms with van der Waals surface area (Å²) in [6.07, 6.45) is 3.83. The molecule has 1 saturated carbocycles. The molecule has 0 spiro atoms. The van der Waals surface area contributed by atoms with Crippen molar-refractivity contribution in [1.29, 1.82) is 5.26 Å². The van der Waals surface area contributed by atoms with Crippen LogP contribution < -0.4 is 5.32 Å². The van der Waals surface area contributed by atoms with Gasteiger partial charge in [0.05, 0.1) is 4.92 Å². The zero-order chi connectivity index (χ0) is 14.8. The lowest BCUT2D eigenvalue weighted by Gasteiger charge is -2.15. The van der Waals surface area contributed by atoms with Crippen molar-refractivity contribution in [3.8, 4) is 6.07 Å². The van der Waals surface area contributed by atoms with Crippen molar-refractivity contribution in [3.63, 3.8) is 0 Å². The Hall–Kier alpha value is -2.20. The van der Waals surface area contributed by atoms with Crippen LogP contribution in [0.5, 0.6) is 0 Å². The monoisotopic (exact) mass is 287 g/mol. The zero-order valence-electron chi connectivity index (χ0n) is 11.7. The van der Waals surface area contributed by atoms with Crippen LogP contribution in [0.1, 0.15) is 25.0 Å². The van der Waals surface area contributed by atoms with Crippen LogP contribution in [0.25, 0.3) is 0 Å². The van der Waals surface area contributed by atoms with Gasteiger partial charge in [0.25, 0.3) is 0 Å². The van der Waals surface area contributed by atoms with Crippen molar-refractivity contribution in [2.75, 3.05) is 25.0 Å². The normalized spacial score (nSPS) is 22.0. The summed E-state index contributed by atoms with van der Waals surface area (Å²) in [6.45, 7) is 3.06. The molecule has 21 heavy (non-hydrogen) atoms. The van der Waals surface area contributed by atoms with Gasteiger partial charge in [-0.05, 0) is 37.8 Å². The molecule has 2 heterocycles. The lowest BCUT2D eigenvalue weighted by molar-refractivity contribution is -0.385. The van der Waals surface area contributed by atoms with Crippen LogP contribution in [0, 0.1) is 27.4 Å². The van der Waals surface area contributed by atoms with Crippen LogP contribution in [0.15, 0.2) is 12.1 Å². The van der Waals surface area contributed by atoms with Crippen LogP contribution in [0.4, 0.5) is 11.5 Å². The molecule has 1 aromatic rings. The number of hydrogen-bond acceptors (Lipinski definition) is 6. The Kier molecular flexibility index (Phi) is 3.71. The molecule has 0 radical (unpaired) electrons. The third-order valence-corrected chi connectivity index (χ3v) is 4.13. The van der Waals surface area contributed by atoms with Crippen LogP contribution in [0.2, 0.25) is 0 Å². The summed E-state index contributed by atoms with van der Waals surface area (Å²) < 4.78 is 0. The van der Waals surface area contributed by atoms with E-state index in [1.807, 2.05) is 0 Å². The minimum absolute atomic E-state index is 0.143. The molecule has 1 aromatic heterocycles. The predicted molar refractivity (Wildman–Crippen MR) is 76.8 cm³/mol. The summed E-state index contributed by atoms with van der Waals surface area (Å²) >= 11 is 0. The number of pyridine rings is 1. The average molecular weight is 287 g/mol. The van der Waals surface area contributed by atoms with Gasteiger partial charge in [-0.3, -0.25) is 10.1 Å².